The number of pyridine rings is 1. The Hall–Kier alpha value is -1.22. The molecule has 0 aliphatic carbocycles. The molecule has 0 saturated heterocycles. The van der Waals surface area contributed by atoms with Gasteiger partial charge >= 0.3 is 0 Å². The zero-order valence-corrected chi connectivity index (χ0v) is 9.38. The van der Waals surface area contributed by atoms with E-state index in [0.29, 0.717) is 4.47 Å². The summed E-state index contributed by atoms with van der Waals surface area (Å²) in [6, 6.07) is 1.82. The van der Waals surface area contributed by atoms with Gasteiger partial charge in [0, 0.05) is 10.7 Å². The Kier molecular flexibility index (Phi) is 3.97. The van der Waals surface area contributed by atoms with Gasteiger partial charge in [0.15, 0.2) is 0 Å². The molecule has 0 saturated carbocycles. The van der Waals surface area contributed by atoms with Crippen molar-refractivity contribution in [3.8, 4) is 11.9 Å². The summed E-state index contributed by atoms with van der Waals surface area (Å²) in [4.78, 5) is 3.70. The van der Waals surface area contributed by atoms with Crippen LogP contribution in [0.1, 0.15) is 17.6 Å². The number of rotatable bonds is 3. The summed E-state index contributed by atoms with van der Waals surface area (Å²) in [5, 5.41) is 8.54. The second-order valence-corrected chi connectivity index (χ2v) is 3.50. The highest BCUT2D eigenvalue weighted by atomic mass is 79.9. The molecule has 1 heterocycles. The molecule has 0 radical (unpaired) electrons. The number of alkyl halides is 2. The third kappa shape index (κ3) is 2.42. The van der Waals surface area contributed by atoms with E-state index in [2.05, 4.69) is 20.9 Å². The molecule has 0 fully saturated rings. The summed E-state index contributed by atoms with van der Waals surface area (Å²) in [6.45, 7) is 0. The highest BCUT2D eigenvalue weighted by Gasteiger charge is 2.22. The van der Waals surface area contributed by atoms with E-state index in [9.17, 15) is 8.78 Å². The molecule has 1 aromatic rings. The molecule has 15 heavy (non-hydrogen) atoms. The normalized spacial score (nSPS) is 10.1. The molecule has 1 rings (SSSR count). The van der Waals surface area contributed by atoms with Crippen LogP contribution in [0.2, 0.25) is 0 Å². The molecule has 0 unspecified atom stereocenters. The van der Waals surface area contributed by atoms with Crippen LogP contribution in [-0.4, -0.2) is 12.1 Å². The Morgan fingerprint density at radius 3 is 2.80 bits per heavy atom. The summed E-state index contributed by atoms with van der Waals surface area (Å²) < 4.78 is 30.6. The molecule has 1 aromatic heterocycles. The lowest BCUT2D eigenvalue weighted by Crippen LogP contribution is -2.02. The van der Waals surface area contributed by atoms with E-state index >= 15 is 0 Å². The molecule has 6 heteroatoms. The third-order valence-corrected chi connectivity index (χ3v) is 2.49. The van der Waals surface area contributed by atoms with Crippen molar-refractivity contribution in [1.29, 1.82) is 5.26 Å². The number of aromatic nitrogens is 1. The first-order valence-corrected chi connectivity index (χ1v) is 4.77. The fraction of sp³-hybridized carbons (Fsp3) is 0.333. The second kappa shape index (κ2) is 5.03. The van der Waals surface area contributed by atoms with Gasteiger partial charge in [0.2, 0.25) is 5.88 Å². The number of hydrogen-bond donors (Lipinski definition) is 0. The first-order valence-electron chi connectivity index (χ1n) is 3.98. The van der Waals surface area contributed by atoms with Gasteiger partial charge in [0.1, 0.15) is 0 Å². The predicted molar refractivity (Wildman–Crippen MR) is 52.8 cm³/mol. The van der Waals surface area contributed by atoms with Crippen LogP contribution < -0.4 is 4.74 Å². The Morgan fingerprint density at radius 1 is 1.67 bits per heavy atom. The van der Waals surface area contributed by atoms with E-state index in [1.165, 1.54) is 13.3 Å². The van der Waals surface area contributed by atoms with Crippen molar-refractivity contribution in [3.63, 3.8) is 0 Å². The Morgan fingerprint density at radius 2 is 2.33 bits per heavy atom. The Labute approximate surface area is 93.8 Å². The molecule has 0 bridgehead atoms. The number of halogens is 3. The van der Waals surface area contributed by atoms with E-state index in [-0.39, 0.29) is 23.4 Å². The quantitative estimate of drug-likeness (QED) is 0.853. The summed E-state index contributed by atoms with van der Waals surface area (Å²) in [5.74, 6) is -0.140. The molecule has 0 aromatic carbocycles. The second-order valence-electron chi connectivity index (χ2n) is 2.64. The van der Waals surface area contributed by atoms with Crippen LogP contribution in [0.3, 0.4) is 0 Å². The maximum Gasteiger partial charge on any atom is 0.269 e. The number of nitriles is 1. The number of ether oxygens (including phenoxy) is 1. The zero-order valence-electron chi connectivity index (χ0n) is 7.80. The minimum absolute atomic E-state index is 0.112. The smallest absolute Gasteiger partial charge is 0.269 e. The molecular formula is C9H7BrF2N2O. The van der Waals surface area contributed by atoms with Gasteiger partial charge < -0.3 is 4.74 Å². The summed E-state index contributed by atoms with van der Waals surface area (Å²) in [5.41, 5.74) is -0.104. The van der Waals surface area contributed by atoms with Crippen molar-refractivity contribution in [2.45, 2.75) is 12.8 Å². The van der Waals surface area contributed by atoms with Gasteiger partial charge in [-0.2, -0.15) is 5.26 Å². The largest absolute Gasteiger partial charge is 0.481 e. The van der Waals surface area contributed by atoms with Gasteiger partial charge in [0.25, 0.3) is 6.43 Å². The van der Waals surface area contributed by atoms with Crippen LogP contribution in [0.25, 0.3) is 0 Å². The first-order chi connectivity index (χ1) is 7.11. The minimum atomic E-state index is -2.71. The number of hydrogen-bond acceptors (Lipinski definition) is 3. The van der Waals surface area contributed by atoms with Crippen LogP contribution in [0.15, 0.2) is 10.7 Å². The Bertz CT molecular complexity index is 404. The average molecular weight is 277 g/mol. The average Bonchev–Trinajstić information content (AvgIpc) is 2.20. The van der Waals surface area contributed by atoms with Gasteiger partial charge in [-0.15, -0.1) is 0 Å². The van der Waals surface area contributed by atoms with E-state index < -0.39 is 6.43 Å². The van der Waals surface area contributed by atoms with Crippen LogP contribution in [0.4, 0.5) is 8.78 Å². The lowest BCUT2D eigenvalue weighted by molar-refractivity contribution is 0.145. The maximum absolute atomic E-state index is 12.7. The monoisotopic (exact) mass is 276 g/mol. The van der Waals surface area contributed by atoms with Crippen LogP contribution >= 0.6 is 15.9 Å². The predicted octanol–water partition coefficient (Wildman–Crippen LogP) is 2.86. The zero-order chi connectivity index (χ0) is 11.4. The summed E-state index contributed by atoms with van der Waals surface area (Å²) in [6.07, 6.45) is -1.48. The van der Waals surface area contributed by atoms with Crippen molar-refractivity contribution in [2.75, 3.05) is 7.11 Å². The fourth-order valence-corrected chi connectivity index (χ4v) is 1.62. The van der Waals surface area contributed by atoms with Gasteiger partial charge in [-0.3, -0.25) is 0 Å². The highest BCUT2D eigenvalue weighted by Crippen LogP contribution is 2.34. The fourth-order valence-electron chi connectivity index (χ4n) is 1.17. The van der Waals surface area contributed by atoms with Crippen LogP contribution in [0, 0.1) is 11.3 Å². The SMILES string of the molecule is COc1ncc(Br)c(CC#N)c1C(F)F. The molecule has 0 N–H and O–H groups in total. The third-order valence-electron chi connectivity index (χ3n) is 1.81. The van der Waals surface area contributed by atoms with Gasteiger partial charge in [-0.1, -0.05) is 0 Å². The number of methoxy groups -OCH3 is 1. The van der Waals surface area contributed by atoms with E-state index in [0.717, 1.165) is 0 Å². The molecule has 0 aliphatic rings. The van der Waals surface area contributed by atoms with Crippen LogP contribution in [0.5, 0.6) is 5.88 Å². The lowest BCUT2D eigenvalue weighted by Gasteiger charge is -2.11. The van der Waals surface area contributed by atoms with Crippen molar-refractivity contribution in [1.82, 2.24) is 4.98 Å². The molecule has 80 valence electrons. The van der Waals surface area contributed by atoms with Gasteiger partial charge in [0.05, 0.1) is 25.2 Å². The molecule has 3 nitrogen and oxygen atoms in total. The van der Waals surface area contributed by atoms with Gasteiger partial charge in [-0.25, -0.2) is 13.8 Å². The molecular weight excluding hydrogens is 270 g/mol. The van der Waals surface area contributed by atoms with Crippen molar-refractivity contribution in [2.24, 2.45) is 0 Å². The molecule has 0 aliphatic heterocycles. The van der Waals surface area contributed by atoms with Gasteiger partial charge in [-0.05, 0) is 21.5 Å². The van der Waals surface area contributed by atoms with Crippen molar-refractivity contribution in [3.05, 3.63) is 21.8 Å². The molecule has 0 amide bonds. The topological polar surface area (TPSA) is 45.9 Å². The van der Waals surface area contributed by atoms with Crippen LogP contribution in [-0.2, 0) is 6.42 Å². The summed E-state index contributed by atoms with van der Waals surface area (Å²) >= 11 is 3.08. The maximum atomic E-state index is 12.7. The molecule has 0 atom stereocenters. The molecule has 0 spiro atoms. The highest BCUT2D eigenvalue weighted by molar-refractivity contribution is 9.10. The number of nitrogens with zero attached hydrogens (tertiary/aromatic N) is 2. The summed E-state index contributed by atoms with van der Waals surface area (Å²) in [7, 11) is 1.26. The Balaban J connectivity index is 3.38. The standard InChI is InChI=1S/C9H7BrF2N2O/c1-15-9-7(8(11)12)5(2-3-13)6(10)4-14-9/h4,8H,2H2,1H3. The van der Waals surface area contributed by atoms with E-state index in [1.54, 1.807) is 0 Å². The lowest BCUT2D eigenvalue weighted by atomic mass is 10.1. The first kappa shape index (κ1) is 11.9. The van der Waals surface area contributed by atoms with Crippen molar-refractivity contribution >= 4 is 15.9 Å². The van der Waals surface area contributed by atoms with Crippen molar-refractivity contribution < 1.29 is 13.5 Å². The van der Waals surface area contributed by atoms with E-state index in [1.807, 2.05) is 6.07 Å². The van der Waals surface area contributed by atoms with E-state index in [4.69, 9.17) is 10.00 Å². The minimum Gasteiger partial charge on any atom is -0.481 e.